The fourth-order valence-electron chi connectivity index (χ4n) is 4.69. The average Bonchev–Trinajstić information content (AvgIpc) is 3.29. The van der Waals surface area contributed by atoms with Gasteiger partial charge in [-0.15, -0.1) is 0 Å². The molecule has 0 amide bonds. The third kappa shape index (κ3) is 2.23. The first kappa shape index (κ1) is 15.0. The minimum atomic E-state index is 0.196. The van der Waals surface area contributed by atoms with Gasteiger partial charge in [0.2, 0.25) is 0 Å². The van der Waals surface area contributed by atoms with Gasteiger partial charge in [-0.25, -0.2) is 0 Å². The van der Waals surface area contributed by atoms with Gasteiger partial charge in [-0.1, -0.05) is 60.7 Å². The lowest BCUT2D eigenvalue weighted by molar-refractivity contribution is 0.600. The van der Waals surface area contributed by atoms with Crippen LogP contribution < -0.4 is 5.32 Å². The van der Waals surface area contributed by atoms with Crippen LogP contribution in [0.3, 0.4) is 0 Å². The Balaban J connectivity index is 1.45. The monoisotopic (exact) mass is 348 g/mol. The molecule has 0 saturated carbocycles. The highest BCUT2D eigenvalue weighted by Crippen LogP contribution is 2.39. The SMILES string of the molecule is c1ccc2c(c1)Cc1cc(C3NCc4ccccc4-n4cccc43)ccc1-2. The highest BCUT2D eigenvalue weighted by atomic mass is 15.1. The van der Waals surface area contributed by atoms with Crippen LogP contribution in [0.2, 0.25) is 0 Å². The van der Waals surface area contributed by atoms with E-state index in [9.17, 15) is 0 Å². The highest BCUT2D eigenvalue weighted by molar-refractivity contribution is 5.77. The van der Waals surface area contributed by atoms with Gasteiger partial charge < -0.3 is 9.88 Å². The Morgan fingerprint density at radius 1 is 0.741 bits per heavy atom. The molecule has 1 N–H and O–H groups in total. The largest absolute Gasteiger partial charge is 0.319 e. The van der Waals surface area contributed by atoms with Crippen LogP contribution in [0.4, 0.5) is 0 Å². The van der Waals surface area contributed by atoms with Gasteiger partial charge in [-0.3, -0.25) is 0 Å². The van der Waals surface area contributed by atoms with Crippen molar-refractivity contribution in [3.8, 4) is 16.8 Å². The second kappa shape index (κ2) is 5.70. The fraction of sp³-hybridized carbons (Fsp3) is 0.120. The summed E-state index contributed by atoms with van der Waals surface area (Å²) in [5.74, 6) is 0. The molecular weight excluding hydrogens is 328 g/mol. The Kier molecular flexibility index (Phi) is 3.17. The third-order valence-electron chi connectivity index (χ3n) is 5.97. The summed E-state index contributed by atoms with van der Waals surface area (Å²) in [7, 11) is 0. The van der Waals surface area contributed by atoms with Gasteiger partial charge in [-0.05, 0) is 58.0 Å². The van der Waals surface area contributed by atoms with E-state index in [1.165, 1.54) is 44.8 Å². The van der Waals surface area contributed by atoms with Crippen LogP contribution in [0.5, 0.6) is 0 Å². The molecule has 1 aliphatic carbocycles. The van der Waals surface area contributed by atoms with Crippen LogP contribution >= 0.6 is 0 Å². The predicted octanol–water partition coefficient (Wildman–Crippen LogP) is 5.24. The van der Waals surface area contributed by atoms with Crippen LogP contribution in [0.25, 0.3) is 16.8 Å². The molecule has 0 saturated heterocycles. The van der Waals surface area contributed by atoms with Crippen molar-refractivity contribution in [1.82, 2.24) is 9.88 Å². The maximum absolute atomic E-state index is 3.79. The Morgan fingerprint density at radius 3 is 2.52 bits per heavy atom. The molecule has 0 fully saturated rings. The second-order valence-corrected chi connectivity index (χ2v) is 7.50. The molecule has 27 heavy (non-hydrogen) atoms. The quantitative estimate of drug-likeness (QED) is 0.438. The number of hydrogen-bond donors (Lipinski definition) is 1. The van der Waals surface area contributed by atoms with E-state index >= 15 is 0 Å². The molecule has 0 bridgehead atoms. The van der Waals surface area contributed by atoms with E-state index in [0.29, 0.717) is 0 Å². The number of aromatic nitrogens is 1. The Hall–Kier alpha value is -3.10. The molecule has 2 nitrogen and oxygen atoms in total. The summed E-state index contributed by atoms with van der Waals surface area (Å²) in [5, 5.41) is 3.79. The molecule has 6 rings (SSSR count). The fourth-order valence-corrected chi connectivity index (χ4v) is 4.69. The van der Waals surface area contributed by atoms with Crippen molar-refractivity contribution in [3.05, 3.63) is 113 Å². The molecule has 130 valence electrons. The molecule has 1 aliphatic heterocycles. The number of nitrogens with zero attached hydrogens (tertiary/aromatic N) is 1. The molecule has 1 atom stereocenters. The molecule has 3 aromatic carbocycles. The van der Waals surface area contributed by atoms with Gasteiger partial charge in [0, 0.05) is 24.1 Å². The number of rotatable bonds is 1. The van der Waals surface area contributed by atoms with Crippen molar-refractivity contribution in [2.75, 3.05) is 0 Å². The van der Waals surface area contributed by atoms with E-state index in [4.69, 9.17) is 0 Å². The van der Waals surface area contributed by atoms with E-state index in [0.717, 1.165) is 13.0 Å². The average molecular weight is 348 g/mol. The van der Waals surface area contributed by atoms with Crippen molar-refractivity contribution in [1.29, 1.82) is 0 Å². The van der Waals surface area contributed by atoms with Gasteiger partial charge in [-0.2, -0.15) is 0 Å². The van der Waals surface area contributed by atoms with Crippen LogP contribution in [0, 0.1) is 0 Å². The van der Waals surface area contributed by atoms with Crippen molar-refractivity contribution in [2.45, 2.75) is 19.0 Å². The van der Waals surface area contributed by atoms with E-state index in [1.54, 1.807) is 0 Å². The summed E-state index contributed by atoms with van der Waals surface area (Å²) in [5.41, 5.74) is 10.9. The molecular formula is C25H20N2. The van der Waals surface area contributed by atoms with E-state index < -0.39 is 0 Å². The normalized spacial score (nSPS) is 16.8. The Labute approximate surface area is 159 Å². The summed E-state index contributed by atoms with van der Waals surface area (Å²) >= 11 is 0. The number of benzene rings is 3. The lowest BCUT2D eigenvalue weighted by Crippen LogP contribution is -2.21. The van der Waals surface area contributed by atoms with Crippen molar-refractivity contribution in [3.63, 3.8) is 0 Å². The number of nitrogens with one attached hydrogen (secondary N) is 1. The van der Waals surface area contributed by atoms with Crippen LogP contribution in [-0.4, -0.2) is 4.57 Å². The molecule has 2 heteroatoms. The van der Waals surface area contributed by atoms with Gasteiger partial charge in [0.15, 0.2) is 0 Å². The first-order chi connectivity index (χ1) is 13.4. The van der Waals surface area contributed by atoms with Crippen LogP contribution in [0.1, 0.15) is 34.0 Å². The smallest absolute Gasteiger partial charge is 0.0737 e. The number of fused-ring (bicyclic) bond motifs is 6. The van der Waals surface area contributed by atoms with Crippen molar-refractivity contribution in [2.24, 2.45) is 0 Å². The zero-order valence-corrected chi connectivity index (χ0v) is 15.0. The minimum Gasteiger partial charge on any atom is -0.319 e. The minimum absolute atomic E-state index is 0.196. The molecule has 4 aromatic rings. The summed E-state index contributed by atoms with van der Waals surface area (Å²) in [6.45, 7) is 0.875. The van der Waals surface area contributed by atoms with Crippen LogP contribution in [0.15, 0.2) is 85.1 Å². The first-order valence-corrected chi connectivity index (χ1v) is 9.58. The van der Waals surface area contributed by atoms with Crippen molar-refractivity contribution < 1.29 is 0 Å². The molecule has 1 aromatic heterocycles. The standard InChI is InChI=1S/C25H20N2/c1-3-8-21-17(6-1)14-20-15-18(11-12-22(20)21)25-24-10-5-13-27(24)23-9-4-2-7-19(23)16-26-25/h1-13,15,25-26H,14,16H2. The number of para-hydroxylation sites is 1. The molecule has 1 unspecified atom stereocenters. The second-order valence-electron chi connectivity index (χ2n) is 7.50. The van der Waals surface area contributed by atoms with Gasteiger partial charge in [0.25, 0.3) is 0 Å². The number of hydrogen-bond acceptors (Lipinski definition) is 1. The Bertz CT molecular complexity index is 1170. The first-order valence-electron chi connectivity index (χ1n) is 9.58. The van der Waals surface area contributed by atoms with E-state index in [-0.39, 0.29) is 6.04 Å². The highest BCUT2D eigenvalue weighted by Gasteiger charge is 2.25. The van der Waals surface area contributed by atoms with E-state index in [2.05, 4.69) is 94.9 Å². The molecule has 2 aliphatic rings. The summed E-state index contributed by atoms with van der Waals surface area (Å²) in [6.07, 6.45) is 3.21. The van der Waals surface area contributed by atoms with E-state index in [1.807, 2.05) is 0 Å². The topological polar surface area (TPSA) is 17.0 Å². The molecule has 0 spiro atoms. The van der Waals surface area contributed by atoms with Gasteiger partial charge >= 0.3 is 0 Å². The maximum atomic E-state index is 3.79. The third-order valence-corrected chi connectivity index (χ3v) is 5.97. The Morgan fingerprint density at radius 2 is 1.56 bits per heavy atom. The maximum Gasteiger partial charge on any atom is 0.0737 e. The predicted molar refractivity (Wildman–Crippen MR) is 109 cm³/mol. The summed E-state index contributed by atoms with van der Waals surface area (Å²) < 4.78 is 2.34. The molecule has 0 radical (unpaired) electrons. The molecule has 2 heterocycles. The lowest BCUT2D eigenvalue weighted by Gasteiger charge is -2.19. The lowest BCUT2D eigenvalue weighted by atomic mass is 9.97. The summed E-state index contributed by atoms with van der Waals surface area (Å²) in [6, 6.07) is 29.0. The van der Waals surface area contributed by atoms with Gasteiger partial charge in [0.1, 0.15) is 0 Å². The van der Waals surface area contributed by atoms with Crippen LogP contribution in [-0.2, 0) is 13.0 Å². The zero-order chi connectivity index (χ0) is 17.8. The van der Waals surface area contributed by atoms with Crippen molar-refractivity contribution >= 4 is 0 Å². The zero-order valence-electron chi connectivity index (χ0n) is 15.0. The van der Waals surface area contributed by atoms with Gasteiger partial charge in [0.05, 0.1) is 6.04 Å². The summed E-state index contributed by atoms with van der Waals surface area (Å²) in [4.78, 5) is 0.